The van der Waals surface area contributed by atoms with Crippen LogP contribution in [0.4, 0.5) is 5.00 Å². The minimum atomic E-state index is -0.582. The Morgan fingerprint density at radius 3 is 2.43 bits per heavy atom. The number of nitrogens with one attached hydrogen (secondary N) is 1. The quantitative estimate of drug-likeness (QED) is 0.438. The molecule has 0 fully saturated rings. The number of amides is 2. The Kier molecular flexibility index (Phi) is 8.29. The molecule has 1 aromatic carbocycles. The second kappa shape index (κ2) is 11.2. The number of aromatic nitrogens is 2. The number of carbonyl (C=O) groups excluding carboxylic acids is 3. The predicted octanol–water partition coefficient (Wildman–Crippen LogP) is 4.43. The van der Waals surface area contributed by atoms with E-state index in [-0.39, 0.29) is 35.5 Å². The first-order chi connectivity index (χ1) is 16.6. The van der Waals surface area contributed by atoms with Crippen molar-refractivity contribution in [2.24, 2.45) is 0 Å². The highest BCUT2D eigenvalue weighted by Crippen LogP contribution is 2.34. The lowest BCUT2D eigenvalue weighted by atomic mass is 10.1. The minimum absolute atomic E-state index is 0.129. The van der Waals surface area contributed by atoms with Crippen LogP contribution in [0.2, 0.25) is 0 Å². The van der Waals surface area contributed by atoms with Crippen molar-refractivity contribution in [3.8, 4) is 5.75 Å². The minimum Gasteiger partial charge on any atom is -0.471 e. The number of carbonyl (C=O) groups is 3. The van der Waals surface area contributed by atoms with Crippen LogP contribution in [0.15, 0.2) is 30.5 Å². The molecule has 35 heavy (non-hydrogen) atoms. The molecule has 0 spiro atoms. The number of rotatable bonds is 9. The standard InChI is InChI=1S/C25H30N4O5S/c1-7-10-33-25(32)20-17(4)21(24(31)28(5)6)35-23(20)26-22(30)19-8-9-29(27-19)14-34-18-12-15(2)11-16(3)13-18/h8-9,11-13H,7,10,14H2,1-6H3,(H,26,30). The lowest BCUT2D eigenvalue weighted by Gasteiger charge is -2.09. The molecular formula is C25H30N4O5S. The molecule has 3 aromatic rings. The normalized spacial score (nSPS) is 10.7. The highest BCUT2D eigenvalue weighted by molar-refractivity contribution is 7.18. The van der Waals surface area contributed by atoms with Crippen LogP contribution in [0.3, 0.4) is 0 Å². The highest BCUT2D eigenvalue weighted by atomic mass is 32.1. The maximum atomic E-state index is 12.9. The van der Waals surface area contributed by atoms with Gasteiger partial charge in [0.25, 0.3) is 11.8 Å². The van der Waals surface area contributed by atoms with E-state index in [1.807, 2.05) is 32.9 Å². The van der Waals surface area contributed by atoms with Gasteiger partial charge >= 0.3 is 5.97 Å². The highest BCUT2D eigenvalue weighted by Gasteiger charge is 2.28. The zero-order valence-electron chi connectivity index (χ0n) is 20.8. The van der Waals surface area contributed by atoms with Crippen molar-refractivity contribution in [3.63, 3.8) is 0 Å². The van der Waals surface area contributed by atoms with Crippen molar-refractivity contribution in [1.82, 2.24) is 14.7 Å². The Hall–Kier alpha value is -3.66. The van der Waals surface area contributed by atoms with E-state index < -0.39 is 11.9 Å². The summed E-state index contributed by atoms with van der Waals surface area (Å²) in [6.07, 6.45) is 2.29. The van der Waals surface area contributed by atoms with Crippen molar-refractivity contribution in [2.75, 3.05) is 26.0 Å². The Balaban J connectivity index is 1.78. The third-order valence-electron chi connectivity index (χ3n) is 5.05. The van der Waals surface area contributed by atoms with Crippen molar-refractivity contribution in [3.05, 3.63) is 63.3 Å². The van der Waals surface area contributed by atoms with Crippen LogP contribution in [0.1, 0.15) is 60.6 Å². The Labute approximate surface area is 208 Å². The smallest absolute Gasteiger partial charge is 0.341 e. The van der Waals surface area contributed by atoms with Gasteiger partial charge in [-0.2, -0.15) is 5.10 Å². The maximum Gasteiger partial charge on any atom is 0.341 e. The van der Waals surface area contributed by atoms with E-state index >= 15 is 0 Å². The molecule has 0 bridgehead atoms. The first-order valence-corrected chi connectivity index (χ1v) is 12.0. The lowest BCUT2D eigenvalue weighted by Crippen LogP contribution is -2.21. The summed E-state index contributed by atoms with van der Waals surface area (Å²) < 4.78 is 12.6. The van der Waals surface area contributed by atoms with E-state index in [9.17, 15) is 14.4 Å². The van der Waals surface area contributed by atoms with Crippen LogP contribution in [-0.2, 0) is 11.5 Å². The second-order valence-corrected chi connectivity index (χ2v) is 9.41. The fraction of sp³-hybridized carbons (Fsp3) is 0.360. The molecule has 2 aromatic heterocycles. The molecule has 0 saturated heterocycles. The van der Waals surface area contributed by atoms with Crippen molar-refractivity contribution >= 4 is 34.1 Å². The number of ether oxygens (including phenoxy) is 2. The summed E-state index contributed by atoms with van der Waals surface area (Å²) in [5, 5.41) is 7.26. The molecular weight excluding hydrogens is 468 g/mol. The van der Waals surface area contributed by atoms with Crippen LogP contribution in [0, 0.1) is 20.8 Å². The molecule has 0 aliphatic heterocycles. The van der Waals surface area contributed by atoms with Crippen LogP contribution in [0.5, 0.6) is 5.75 Å². The SMILES string of the molecule is CCCOC(=O)c1c(NC(=O)c2ccn(COc3cc(C)cc(C)c3)n2)sc(C(=O)N(C)C)c1C. The Bertz CT molecular complexity index is 1220. The molecule has 0 unspecified atom stereocenters. The first-order valence-electron chi connectivity index (χ1n) is 11.2. The van der Waals surface area contributed by atoms with Crippen LogP contribution in [0.25, 0.3) is 0 Å². The molecule has 2 heterocycles. The maximum absolute atomic E-state index is 12.9. The van der Waals surface area contributed by atoms with E-state index in [4.69, 9.17) is 9.47 Å². The van der Waals surface area contributed by atoms with Crippen molar-refractivity contribution < 1.29 is 23.9 Å². The average Bonchev–Trinajstić information content (AvgIpc) is 3.39. The van der Waals surface area contributed by atoms with Gasteiger partial charge in [-0.15, -0.1) is 11.3 Å². The summed E-state index contributed by atoms with van der Waals surface area (Å²) in [5.41, 5.74) is 2.98. The summed E-state index contributed by atoms with van der Waals surface area (Å²) in [7, 11) is 3.25. The van der Waals surface area contributed by atoms with Gasteiger partial charge in [-0.1, -0.05) is 13.0 Å². The van der Waals surface area contributed by atoms with Gasteiger partial charge in [0.1, 0.15) is 10.8 Å². The third-order valence-corrected chi connectivity index (χ3v) is 6.24. The van der Waals surface area contributed by atoms with E-state index in [2.05, 4.69) is 16.5 Å². The molecule has 186 valence electrons. The number of benzene rings is 1. The molecule has 1 N–H and O–H groups in total. The lowest BCUT2D eigenvalue weighted by molar-refractivity contribution is 0.0506. The molecule has 3 rings (SSSR count). The van der Waals surface area contributed by atoms with Crippen molar-refractivity contribution in [2.45, 2.75) is 40.8 Å². The molecule has 0 aliphatic carbocycles. The number of thiophene rings is 1. The molecule has 0 aliphatic rings. The largest absolute Gasteiger partial charge is 0.471 e. The second-order valence-electron chi connectivity index (χ2n) is 8.39. The monoisotopic (exact) mass is 498 g/mol. The van der Waals surface area contributed by atoms with Crippen LogP contribution >= 0.6 is 11.3 Å². The first kappa shape index (κ1) is 26.0. The van der Waals surface area contributed by atoms with Crippen molar-refractivity contribution in [1.29, 1.82) is 0 Å². The summed E-state index contributed by atoms with van der Waals surface area (Å²) in [6, 6.07) is 7.46. The zero-order chi connectivity index (χ0) is 25.7. The Morgan fingerprint density at radius 1 is 1.11 bits per heavy atom. The van der Waals surface area contributed by atoms with Crippen LogP contribution < -0.4 is 10.1 Å². The van der Waals surface area contributed by atoms with Gasteiger partial charge in [-0.25, -0.2) is 9.48 Å². The average molecular weight is 499 g/mol. The molecule has 9 nitrogen and oxygen atoms in total. The van der Waals surface area contributed by atoms with E-state index in [0.29, 0.717) is 22.6 Å². The molecule has 0 radical (unpaired) electrons. The van der Waals surface area contributed by atoms with Gasteiger partial charge < -0.3 is 19.7 Å². The topological polar surface area (TPSA) is 103 Å². The molecule has 10 heteroatoms. The van der Waals surface area contributed by atoms with Gasteiger partial charge in [0, 0.05) is 20.3 Å². The van der Waals surface area contributed by atoms with Gasteiger partial charge in [-0.3, -0.25) is 9.59 Å². The van der Waals surface area contributed by atoms with E-state index in [1.165, 1.54) is 9.58 Å². The number of hydrogen-bond acceptors (Lipinski definition) is 7. The fourth-order valence-electron chi connectivity index (χ4n) is 3.40. The third kappa shape index (κ3) is 6.27. The summed E-state index contributed by atoms with van der Waals surface area (Å²) in [4.78, 5) is 40.0. The molecule has 0 atom stereocenters. The van der Waals surface area contributed by atoms with Crippen LogP contribution in [-0.4, -0.2) is 53.2 Å². The number of esters is 1. The van der Waals surface area contributed by atoms with Gasteiger partial charge in [-0.05, 0) is 62.1 Å². The zero-order valence-corrected chi connectivity index (χ0v) is 21.6. The number of aryl methyl sites for hydroxylation is 2. The fourth-order valence-corrected chi connectivity index (χ4v) is 4.61. The molecule has 0 saturated carbocycles. The molecule has 2 amide bonds. The number of hydrogen-bond donors (Lipinski definition) is 1. The predicted molar refractivity (Wildman–Crippen MR) is 134 cm³/mol. The number of nitrogens with zero attached hydrogens (tertiary/aromatic N) is 3. The summed E-state index contributed by atoms with van der Waals surface area (Å²) in [6.45, 7) is 7.91. The van der Waals surface area contributed by atoms with Gasteiger partial charge in [0.2, 0.25) is 0 Å². The van der Waals surface area contributed by atoms with E-state index in [0.717, 1.165) is 22.5 Å². The number of anilines is 1. The summed E-state index contributed by atoms with van der Waals surface area (Å²) in [5.74, 6) is -0.636. The Morgan fingerprint density at radius 2 is 1.80 bits per heavy atom. The van der Waals surface area contributed by atoms with Gasteiger partial charge in [0.15, 0.2) is 12.4 Å². The van der Waals surface area contributed by atoms with E-state index in [1.54, 1.807) is 33.3 Å². The van der Waals surface area contributed by atoms with Gasteiger partial charge in [0.05, 0.1) is 17.0 Å². The summed E-state index contributed by atoms with van der Waals surface area (Å²) >= 11 is 1.04.